The summed E-state index contributed by atoms with van der Waals surface area (Å²) in [4.78, 5) is 2.46. The van der Waals surface area contributed by atoms with E-state index >= 15 is 0 Å². The minimum Gasteiger partial charge on any atom is -0.497 e. The number of rotatable bonds is 9. The van der Waals surface area contributed by atoms with Gasteiger partial charge in [-0.25, -0.2) is 0 Å². The second kappa shape index (κ2) is 9.69. The van der Waals surface area contributed by atoms with Crippen molar-refractivity contribution < 1.29 is 9.47 Å². The van der Waals surface area contributed by atoms with E-state index in [-0.39, 0.29) is 0 Å². The summed E-state index contributed by atoms with van der Waals surface area (Å²) in [5.41, 5.74) is 2.23. The molecule has 0 bridgehead atoms. The summed E-state index contributed by atoms with van der Waals surface area (Å²) < 4.78 is 10.5. The van der Waals surface area contributed by atoms with E-state index < -0.39 is 15.2 Å². The Morgan fingerprint density at radius 2 is 1.34 bits per heavy atom. The van der Waals surface area contributed by atoms with Crippen LogP contribution in [0.2, 0.25) is 0 Å². The van der Waals surface area contributed by atoms with Gasteiger partial charge in [0.05, 0.1) is 12.5 Å². The van der Waals surface area contributed by atoms with E-state index in [9.17, 15) is 0 Å². The van der Waals surface area contributed by atoms with Crippen molar-refractivity contribution in [1.29, 1.82) is 0 Å². The minimum atomic E-state index is -1.02. The highest BCUT2D eigenvalue weighted by molar-refractivity contribution is 6.54. The molecule has 3 nitrogen and oxygen atoms in total. The van der Waals surface area contributed by atoms with Crippen LogP contribution in [0.3, 0.4) is 0 Å². The number of nitrogens with zero attached hydrogens (tertiary/aromatic N) is 1. The Kier molecular flexibility index (Phi) is 6.78. The molecule has 0 aromatic heterocycles. The fraction of sp³-hybridized carbons (Fsp3) is 0.400. The summed E-state index contributed by atoms with van der Waals surface area (Å²) in [6.07, 6.45) is 3.38. The highest BCUT2D eigenvalue weighted by Crippen LogP contribution is 2.82. The molecule has 3 aromatic carbocycles. The maximum absolute atomic E-state index is 7.36. The maximum atomic E-state index is 7.36. The molecule has 0 spiro atoms. The average Bonchev–Trinajstić information content (AvgIpc) is 3.18. The molecule has 2 fully saturated rings. The van der Waals surface area contributed by atoms with E-state index in [4.69, 9.17) is 32.7 Å². The molecular weight excluding hydrogens is 477 g/mol. The van der Waals surface area contributed by atoms with Crippen LogP contribution >= 0.6 is 23.2 Å². The quantitative estimate of drug-likeness (QED) is 0.290. The van der Waals surface area contributed by atoms with Gasteiger partial charge in [-0.05, 0) is 73.3 Å². The molecule has 0 amide bonds. The van der Waals surface area contributed by atoms with Gasteiger partial charge in [0.1, 0.15) is 22.4 Å². The van der Waals surface area contributed by atoms with Gasteiger partial charge in [0.15, 0.2) is 0 Å². The predicted octanol–water partition coefficient (Wildman–Crippen LogP) is 6.99. The van der Waals surface area contributed by atoms with E-state index in [1.54, 1.807) is 7.11 Å². The Balaban J connectivity index is 1.52. The van der Waals surface area contributed by atoms with Crippen LogP contribution in [0.1, 0.15) is 42.9 Å². The molecule has 0 radical (unpaired) electrons. The Labute approximate surface area is 219 Å². The zero-order valence-electron chi connectivity index (χ0n) is 20.5. The van der Waals surface area contributed by atoms with Crippen LogP contribution in [0.4, 0.5) is 0 Å². The molecule has 2 aliphatic rings. The van der Waals surface area contributed by atoms with Crippen LogP contribution in [0.25, 0.3) is 0 Å². The largest absolute Gasteiger partial charge is 0.497 e. The zero-order valence-corrected chi connectivity index (χ0v) is 22.0. The fourth-order valence-corrected chi connectivity index (χ4v) is 7.75. The SMILES string of the molecule is CCC1(c2ccccc2)C(Cl)(Cl)C1(c1ccc(OC)cc1)c1ccc(OCCN2CCCC2)cc1. The molecule has 1 aliphatic carbocycles. The summed E-state index contributed by atoms with van der Waals surface area (Å²) >= 11 is 14.7. The lowest BCUT2D eigenvalue weighted by Gasteiger charge is -2.26. The second-order valence-corrected chi connectivity index (χ2v) is 10.9. The number of alkyl halides is 2. The molecule has 2 atom stereocenters. The van der Waals surface area contributed by atoms with E-state index in [1.807, 2.05) is 18.2 Å². The number of hydrogen-bond acceptors (Lipinski definition) is 3. The van der Waals surface area contributed by atoms with Crippen molar-refractivity contribution in [3.63, 3.8) is 0 Å². The molecule has 184 valence electrons. The van der Waals surface area contributed by atoms with Gasteiger partial charge in [-0.1, -0.05) is 84.7 Å². The Morgan fingerprint density at radius 1 is 0.771 bits per heavy atom. The Bertz CT molecular complexity index is 1130. The lowest BCUT2D eigenvalue weighted by molar-refractivity contribution is 0.237. The number of benzene rings is 3. The van der Waals surface area contributed by atoms with Crippen LogP contribution in [0.15, 0.2) is 78.9 Å². The van der Waals surface area contributed by atoms with Crippen LogP contribution < -0.4 is 9.47 Å². The molecule has 0 N–H and O–H groups in total. The third-order valence-electron chi connectivity index (χ3n) is 8.07. The van der Waals surface area contributed by atoms with E-state index in [2.05, 4.69) is 72.5 Å². The molecule has 35 heavy (non-hydrogen) atoms. The van der Waals surface area contributed by atoms with Crippen LogP contribution in [0, 0.1) is 0 Å². The van der Waals surface area contributed by atoms with E-state index in [0.717, 1.165) is 41.2 Å². The maximum Gasteiger partial charge on any atom is 0.143 e. The van der Waals surface area contributed by atoms with Gasteiger partial charge >= 0.3 is 0 Å². The topological polar surface area (TPSA) is 21.7 Å². The first-order valence-corrected chi connectivity index (χ1v) is 13.3. The number of methoxy groups -OCH3 is 1. The van der Waals surface area contributed by atoms with Gasteiger partial charge in [-0.3, -0.25) is 4.90 Å². The fourth-order valence-electron chi connectivity index (χ4n) is 6.32. The molecule has 1 heterocycles. The van der Waals surface area contributed by atoms with Crippen LogP contribution in [-0.2, 0) is 10.8 Å². The van der Waals surface area contributed by atoms with Crippen molar-refractivity contribution in [3.8, 4) is 11.5 Å². The molecule has 5 heteroatoms. The number of likely N-dealkylation sites (tertiary alicyclic amines) is 1. The van der Waals surface area contributed by atoms with Crippen molar-refractivity contribution in [2.24, 2.45) is 0 Å². The van der Waals surface area contributed by atoms with Crippen LogP contribution in [0.5, 0.6) is 11.5 Å². The zero-order chi connectivity index (χ0) is 24.5. The van der Waals surface area contributed by atoms with Crippen molar-refractivity contribution in [2.45, 2.75) is 41.3 Å². The first kappa shape index (κ1) is 24.5. The summed E-state index contributed by atoms with van der Waals surface area (Å²) in [6, 6.07) is 27.0. The Hall–Kier alpha value is -2.20. The van der Waals surface area contributed by atoms with Crippen LogP contribution in [-0.4, -0.2) is 42.6 Å². The summed E-state index contributed by atoms with van der Waals surface area (Å²) in [6.45, 7) is 6.20. The third-order valence-corrected chi connectivity index (χ3v) is 9.28. The monoisotopic (exact) mass is 509 g/mol. The Morgan fingerprint density at radius 3 is 1.89 bits per heavy atom. The van der Waals surface area contributed by atoms with Gasteiger partial charge in [0.25, 0.3) is 0 Å². The first-order chi connectivity index (χ1) is 17.0. The number of ether oxygens (including phenoxy) is 2. The van der Waals surface area contributed by atoms with Crippen molar-refractivity contribution in [2.75, 3.05) is 33.4 Å². The second-order valence-electron chi connectivity index (χ2n) is 9.60. The standard InChI is InChI=1S/C30H33Cl2NO2/c1-3-28(23-9-5-4-6-10-23)29(30(28,31)32,24-11-15-26(34-2)16-12-24)25-13-17-27(18-14-25)35-22-21-33-19-7-8-20-33/h4-6,9-18H,3,7-8,19-22H2,1-2H3. The molecule has 1 saturated carbocycles. The van der Waals surface area contributed by atoms with E-state index in [1.165, 1.54) is 25.9 Å². The molecule has 2 unspecified atom stereocenters. The van der Waals surface area contributed by atoms with Gasteiger partial charge < -0.3 is 9.47 Å². The van der Waals surface area contributed by atoms with Gasteiger partial charge in [0.2, 0.25) is 0 Å². The molecular formula is C30H33Cl2NO2. The van der Waals surface area contributed by atoms with Crippen molar-refractivity contribution in [3.05, 3.63) is 95.6 Å². The normalized spacial score (nSPS) is 25.4. The summed E-state index contributed by atoms with van der Waals surface area (Å²) in [5, 5.41) is 0. The van der Waals surface area contributed by atoms with Crippen molar-refractivity contribution >= 4 is 23.2 Å². The summed E-state index contributed by atoms with van der Waals surface area (Å²) in [7, 11) is 1.68. The lowest BCUT2D eigenvalue weighted by Crippen LogP contribution is -2.25. The van der Waals surface area contributed by atoms with Gasteiger partial charge in [-0.15, -0.1) is 0 Å². The average molecular weight is 511 g/mol. The van der Waals surface area contributed by atoms with E-state index in [0.29, 0.717) is 6.61 Å². The molecule has 1 saturated heterocycles. The summed E-state index contributed by atoms with van der Waals surface area (Å²) in [5.74, 6) is 1.68. The predicted molar refractivity (Wildman–Crippen MR) is 144 cm³/mol. The third kappa shape index (κ3) is 3.75. The van der Waals surface area contributed by atoms with Crippen molar-refractivity contribution in [1.82, 2.24) is 4.90 Å². The molecule has 1 aliphatic heterocycles. The van der Waals surface area contributed by atoms with Gasteiger partial charge in [-0.2, -0.15) is 0 Å². The minimum absolute atomic E-state index is 0.475. The molecule has 5 rings (SSSR count). The lowest BCUT2D eigenvalue weighted by atomic mass is 9.76. The number of halogens is 2. The number of hydrogen-bond donors (Lipinski definition) is 0. The highest BCUT2D eigenvalue weighted by atomic mass is 35.5. The first-order valence-electron chi connectivity index (χ1n) is 12.5. The van der Waals surface area contributed by atoms with Gasteiger partial charge in [0, 0.05) is 12.0 Å². The molecule has 3 aromatic rings. The highest BCUT2D eigenvalue weighted by Gasteiger charge is 2.87. The smallest absolute Gasteiger partial charge is 0.143 e.